The van der Waals surface area contributed by atoms with Crippen molar-refractivity contribution in [3.05, 3.63) is 0 Å². The van der Waals surface area contributed by atoms with Crippen molar-refractivity contribution >= 4 is 0 Å². The molecule has 2 saturated carbocycles. The number of fused-ring (bicyclic) bond motifs is 1. The number of hydrogen-bond donors (Lipinski definition) is 1. The van der Waals surface area contributed by atoms with Crippen LogP contribution in [-0.4, -0.2) is 5.54 Å². The first-order chi connectivity index (χ1) is 4.92. The van der Waals surface area contributed by atoms with Crippen LogP contribution in [-0.2, 0) is 0 Å². The summed E-state index contributed by atoms with van der Waals surface area (Å²) in [4.78, 5) is 0. The zero-order chi connectivity index (χ0) is 8.28. The zero-order valence-corrected chi connectivity index (χ0v) is 7.85. The van der Waals surface area contributed by atoms with Gasteiger partial charge in [-0.25, -0.2) is 0 Å². The van der Waals surface area contributed by atoms with E-state index in [1.54, 1.807) is 0 Å². The lowest BCUT2D eigenvalue weighted by Crippen LogP contribution is -2.49. The minimum absolute atomic E-state index is 0.153. The van der Waals surface area contributed by atoms with Crippen molar-refractivity contribution in [3.63, 3.8) is 0 Å². The summed E-state index contributed by atoms with van der Waals surface area (Å²) in [6.45, 7) is 6.83. The largest absolute Gasteiger partial charge is 0.325 e. The fourth-order valence-electron chi connectivity index (χ4n) is 2.44. The molecule has 0 heterocycles. The normalized spacial score (nSPS) is 49.1. The minimum atomic E-state index is 0.153. The summed E-state index contributed by atoms with van der Waals surface area (Å²) in [6.07, 6.45) is 4.03. The van der Waals surface area contributed by atoms with Crippen LogP contribution in [0.15, 0.2) is 0 Å². The quantitative estimate of drug-likeness (QED) is 0.567. The van der Waals surface area contributed by atoms with E-state index in [0.717, 1.165) is 11.8 Å². The lowest BCUT2D eigenvalue weighted by molar-refractivity contribution is 0.176. The van der Waals surface area contributed by atoms with Crippen LogP contribution in [0.4, 0.5) is 0 Å². The Hall–Kier alpha value is -0.0400. The molecule has 2 rings (SSSR count). The third-order valence-corrected chi connectivity index (χ3v) is 3.82. The standard InChI is InChI=1S/C10H19N/c1-9(2,3)10(11)5-7-4-8(7)6-10/h7-8H,4-6,11H2,1-3H3. The van der Waals surface area contributed by atoms with Crippen molar-refractivity contribution in [3.8, 4) is 0 Å². The van der Waals surface area contributed by atoms with E-state index in [1.165, 1.54) is 19.3 Å². The highest BCUT2D eigenvalue weighted by molar-refractivity contribution is 5.10. The summed E-state index contributed by atoms with van der Waals surface area (Å²) in [5, 5.41) is 0. The van der Waals surface area contributed by atoms with Gasteiger partial charge in [0.1, 0.15) is 0 Å². The van der Waals surface area contributed by atoms with Gasteiger partial charge in [-0.05, 0) is 36.5 Å². The van der Waals surface area contributed by atoms with Crippen molar-refractivity contribution in [2.24, 2.45) is 23.0 Å². The van der Waals surface area contributed by atoms with Gasteiger partial charge in [-0.1, -0.05) is 20.8 Å². The van der Waals surface area contributed by atoms with Crippen LogP contribution in [0.3, 0.4) is 0 Å². The van der Waals surface area contributed by atoms with Gasteiger partial charge in [0.2, 0.25) is 0 Å². The molecule has 0 aromatic rings. The maximum atomic E-state index is 6.36. The van der Waals surface area contributed by atoms with Gasteiger partial charge in [-0.3, -0.25) is 0 Å². The Bertz CT molecular complexity index is 168. The van der Waals surface area contributed by atoms with Crippen LogP contribution < -0.4 is 5.73 Å². The molecule has 0 aromatic carbocycles. The highest BCUT2D eigenvalue weighted by Gasteiger charge is 2.56. The molecular formula is C10H19N. The average Bonchev–Trinajstić information content (AvgIpc) is 2.38. The third-order valence-electron chi connectivity index (χ3n) is 3.82. The van der Waals surface area contributed by atoms with Crippen molar-refractivity contribution in [1.29, 1.82) is 0 Å². The zero-order valence-electron chi connectivity index (χ0n) is 7.85. The van der Waals surface area contributed by atoms with E-state index in [2.05, 4.69) is 20.8 Å². The second-order valence-corrected chi connectivity index (χ2v) is 5.57. The molecule has 0 spiro atoms. The highest BCUT2D eigenvalue weighted by atomic mass is 14.8. The van der Waals surface area contributed by atoms with Crippen LogP contribution in [0.2, 0.25) is 0 Å². The first kappa shape index (κ1) is 7.60. The molecule has 0 aromatic heterocycles. The molecule has 64 valence electrons. The molecule has 1 heteroatoms. The van der Waals surface area contributed by atoms with Crippen LogP contribution in [0.1, 0.15) is 40.0 Å². The van der Waals surface area contributed by atoms with Crippen molar-refractivity contribution in [2.45, 2.75) is 45.6 Å². The smallest absolute Gasteiger partial charge is 0.0208 e. The van der Waals surface area contributed by atoms with Crippen LogP contribution in [0.5, 0.6) is 0 Å². The second-order valence-electron chi connectivity index (χ2n) is 5.57. The summed E-state index contributed by atoms with van der Waals surface area (Å²) in [5.41, 5.74) is 6.82. The maximum Gasteiger partial charge on any atom is 0.0208 e. The Balaban J connectivity index is 2.12. The molecule has 2 aliphatic carbocycles. The van der Waals surface area contributed by atoms with Gasteiger partial charge in [-0.15, -0.1) is 0 Å². The average molecular weight is 153 g/mol. The maximum absolute atomic E-state index is 6.36. The van der Waals surface area contributed by atoms with Crippen LogP contribution in [0, 0.1) is 17.3 Å². The van der Waals surface area contributed by atoms with E-state index in [-0.39, 0.29) is 5.54 Å². The molecule has 2 N–H and O–H groups in total. The molecular weight excluding hydrogens is 134 g/mol. The number of nitrogens with two attached hydrogens (primary N) is 1. The topological polar surface area (TPSA) is 26.0 Å². The molecule has 0 saturated heterocycles. The number of rotatable bonds is 0. The third kappa shape index (κ3) is 1.01. The van der Waals surface area contributed by atoms with E-state index in [0.29, 0.717) is 5.41 Å². The lowest BCUT2D eigenvalue weighted by Gasteiger charge is -2.39. The lowest BCUT2D eigenvalue weighted by atomic mass is 9.71. The molecule has 11 heavy (non-hydrogen) atoms. The van der Waals surface area contributed by atoms with Gasteiger partial charge in [0.15, 0.2) is 0 Å². The Morgan fingerprint density at radius 1 is 1.18 bits per heavy atom. The molecule has 2 fully saturated rings. The molecule has 2 unspecified atom stereocenters. The van der Waals surface area contributed by atoms with Gasteiger partial charge < -0.3 is 5.73 Å². The van der Waals surface area contributed by atoms with Gasteiger partial charge >= 0.3 is 0 Å². The molecule has 0 radical (unpaired) electrons. The monoisotopic (exact) mass is 153 g/mol. The van der Waals surface area contributed by atoms with Gasteiger partial charge in [-0.2, -0.15) is 0 Å². The summed E-state index contributed by atoms with van der Waals surface area (Å²) in [6, 6.07) is 0. The van der Waals surface area contributed by atoms with Crippen molar-refractivity contribution < 1.29 is 0 Å². The molecule has 0 bridgehead atoms. The number of hydrogen-bond acceptors (Lipinski definition) is 1. The minimum Gasteiger partial charge on any atom is -0.325 e. The van der Waals surface area contributed by atoms with Gasteiger partial charge in [0.25, 0.3) is 0 Å². The molecule has 2 atom stereocenters. The SMILES string of the molecule is CC(C)(C)C1(N)CC2CC2C1. The van der Waals surface area contributed by atoms with Crippen molar-refractivity contribution in [2.75, 3.05) is 0 Å². The molecule has 0 amide bonds. The van der Waals surface area contributed by atoms with E-state index in [1.807, 2.05) is 0 Å². The summed E-state index contributed by atoms with van der Waals surface area (Å²) >= 11 is 0. The predicted molar refractivity (Wildman–Crippen MR) is 47.2 cm³/mol. The van der Waals surface area contributed by atoms with Crippen LogP contribution >= 0.6 is 0 Å². The molecule has 1 nitrogen and oxygen atoms in total. The Labute approximate surface area is 69.4 Å². The van der Waals surface area contributed by atoms with E-state index >= 15 is 0 Å². The first-order valence-electron chi connectivity index (χ1n) is 4.71. The van der Waals surface area contributed by atoms with Crippen molar-refractivity contribution in [1.82, 2.24) is 0 Å². The summed E-state index contributed by atoms with van der Waals surface area (Å²) in [5.74, 6) is 2.00. The molecule has 0 aliphatic heterocycles. The highest BCUT2D eigenvalue weighted by Crippen LogP contribution is 2.59. The second kappa shape index (κ2) is 1.82. The van der Waals surface area contributed by atoms with Gasteiger partial charge in [0, 0.05) is 5.54 Å². The molecule has 2 aliphatic rings. The van der Waals surface area contributed by atoms with Crippen LogP contribution in [0.25, 0.3) is 0 Å². The fourth-order valence-corrected chi connectivity index (χ4v) is 2.44. The summed E-state index contributed by atoms with van der Waals surface area (Å²) < 4.78 is 0. The Morgan fingerprint density at radius 2 is 1.64 bits per heavy atom. The fraction of sp³-hybridized carbons (Fsp3) is 1.00. The Kier molecular flexibility index (Phi) is 1.26. The van der Waals surface area contributed by atoms with E-state index < -0.39 is 0 Å². The predicted octanol–water partition coefficient (Wildman–Crippen LogP) is 2.16. The first-order valence-corrected chi connectivity index (χ1v) is 4.71. The van der Waals surface area contributed by atoms with E-state index in [4.69, 9.17) is 5.73 Å². The van der Waals surface area contributed by atoms with Gasteiger partial charge in [0.05, 0.1) is 0 Å². The Morgan fingerprint density at radius 3 is 1.91 bits per heavy atom. The van der Waals surface area contributed by atoms with E-state index in [9.17, 15) is 0 Å². The summed E-state index contributed by atoms with van der Waals surface area (Å²) in [7, 11) is 0.